The van der Waals surface area contributed by atoms with Gasteiger partial charge >= 0.3 is 0 Å². The van der Waals surface area contributed by atoms with Gasteiger partial charge in [0.15, 0.2) is 0 Å². The summed E-state index contributed by atoms with van der Waals surface area (Å²) in [6.07, 6.45) is 0.991. The molecule has 1 aliphatic rings. The van der Waals surface area contributed by atoms with Crippen molar-refractivity contribution in [2.24, 2.45) is 5.92 Å². The van der Waals surface area contributed by atoms with Gasteiger partial charge in [0.2, 0.25) is 0 Å². The van der Waals surface area contributed by atoms with Crippen LogP contribution in [-0.4, -0.2) is 12.6 Å². The van der Waals surface area contributed by atoms with Gasteiger partial charge in [-0.3, -0.25) is 0 Å². The van der Waals surface area contributed by atoms with E-state index in [0.29, 0.717) is 6.04 Å². The maximum Gasteiger partial charge on any atom is 0.0681 e. The highest BCUT2D eigenvalue weighted by molar-refractivity contribution is 5.57. The molecule has 1 aliphatic heterocycles. The molecular weight excluding hydrogens is 196 g/mol. The summed E-state index contributed by atoms with van der Waals surface area (Å²) in [5.74, 6) is 0.180. The molecule has 0 N–H and O–H groups in total. The van der Waals surface area contributed by atoms with Crippen molar-refractivity contribution in [3.8, 4) is 6.07 Å². The number of hydrogen-bond donors (Lipinski definition) is 0. The van der Waals surface area contributed by atoms with Gasteiger partial charge in [0.1, 0.15) is 0 Å². The molecule has 1 fully saturated rings. The van der Waals surface area contributed by atoms with Crippen molar-refractivity contribution in [1.29, 1.82) is 5.26 Å². The lowest BCUT2D eigenvalue weighted by molar-refractivity contribution is 0.615. The highest BCUT2D eigenvalue weighted by atomic mass is 15.2. The van der Waals surface area contributed by atoms with Crippen LogP contribution in [0.1, 0.15) is 24.5 Å². The van der Waals surface area contributed by atoms with Gasteiger partial charge in [0, 0.05) is 18.3 Å². The summed E-state index contributed by atoms with van der Waals surface area (Å²) in [4.78, 5) is 2.37. The maximum absolute atomic E-state index is 9.05. The molecule has 2 nitrogen and oxygen atoms in total. The van der Waals surface area contributed by atoms with Crippen molar-refractivity contribution < 1.29 is 0 Å². The van der Waals surface area contributed by atoms with Gasteiger partial charge in [-0.15, -0.1) is 0 Å². The highest BCUT2D eigenvalue weighted by Gasteiger charge is 2.31. The number of aryl methyl sites for hydroxylation is 1. The molecule has 2 atom stereocenters. The van der Waals surface area contributed by atoms with Crippen molar-refractivity contribution in [1.82, 2.24) is 0 Å². The first-order chi connectivity index (χ1) is 7.65. The smallest absolute Gasteiger partial charge is 0.0681 e. The zero-order chi connectivity index (χ0) is 11.7. The van der Waals surface area contributed by atoms with Crippen molar-refractivity contribution in [3.05, 3.63) is 29.3 Å². The lowest BCUT2D eigenvalue weighted by Gasteiger charge is -2.27. The number of nitrogens with zero attached hydrogens (tertiary/aromatic N) is 2. The molecule has 1 aromatic carbocycles. The van der Waals surface area contributed by atoms with E-state index >= 15 is 0 Å². The van der Waals surface area contributed by atoms with Crippen LogP contribution in [0.3, 0.4) is 0 Å². The molecule has 0 aromatic heterocycles. The maximum atomic E-state index is 9.05. The Kier molecular flexibility index (Phi) is 2.87. The van der Waals surface area contributed by atoms with E-state index < -0.39 is 0 Å². The second-order valence-electron chi connectivity index (χ2n) is 4.68. The summed E-state index contributed by atoms with van der Waals surface area (Å²) in [6, 6.07) is 9.15. The second-order valence-corrected chi connectivity index (χ2v) is 4.68. The molecule has 1 saturated heterocycles. The van der Waals surface area contributed by atoms with Crippen LogP contribution in [0.25, 0.3) is 0 Å². The SMILES string of the molecule is Cc1cccc(N2CCC(C#N)C2C)c1C. The zero-order valence-corrected chi connectivity index (χ0v) is 10.2. The van der Waals surface area contributed by atoms with E-state index in [2.05, 4.69) is 49.9 Å². The van der Waals surface area contributed by atoms with E-state index in [1.54, 1.807) is 0 Å². The fourth-order valence-corrected chi connectivity index (χ4v) is 2.50. The van der Waals surface area contributed by atoms with Crippen molar-refractivity contribution in [3.63, 3.8) is 0 Å². The molecule has 0 bridgehead atoms. The average molecular weight is 214 g/mol. The Morgan fingerprint density at radius 2 is 2.12 bits per heavy atom. The van der Waals surface area contributed by atoms with Crippen LogP contribution in [-0.2, 0) is 0 Å². The molecule has 0 radical (unpaired) electrons. The third-order valence-corrected chi connectivity index (χ3v) is 3.81. The Morgan fingerprint density at radius 3 is 2.75 bits per heavy atom. The summed E-state index contributed by atoms with van der Waals surface area (Å²) in [5, 5.41) is 9.05. The van der Waals surface area contributed by atoms with E-state index in [9.17, 15) is 0 Å². The third-order valence-electron chi connectivity index (χ3n) is 3.81. The van der Waals surface area contributed by atoms with Crippen molar-refractivity contribution >= 4 is 5.69 Å². The van der Waals surface area contributed by atoms with Gasteiger partial charge in [-0.1, -0.05) is 12.1 Å². The first-order valence-electron chi connectivity index (χ1n) is 5.87. The fourth-order valence-electron chi connectivity index (χ4n) is 2.50. The summed E-state index contributed by atoms with van der Waals surface area (Å²) in [5.41, 5.74) is 3.96. The topological polar surface area (TPSA) is 27.0 Å². The Bertz CT molecular complexity index is 431. The second kappa shape index (κ2) is 4.17. The van der Waals surface area contributed by atoms with E-state index in [4.69, 9.17) is 5.26 Å². The summed E-state index contributed by atoms with van der Waals surface area (Å²) in [7, 11) is 0. The van der Waals surface area contributed by atoms with E-state index in [1.807, 2.05) is 0 Å². The standard InChI is InChI=1S/C14H18N2/c1-10-5-4-6-14(11(10)2)16-8-7-13(9-15)12(16)3/h4-6,12-13H,7-8H2,1-3H3. The lowest BCUT2D eigenvalue weighted by Crippen LogP contribution is -2.30. The van der Waals surface area contributed by atoms with Gasteiger partial charge in [-0.25, -0.2) is 0 Å². The quantitative estimate of drug-likeness (QED) is 0.718. The molecule has 84 valence electrons. The summed E-state index contributed by atoms with van der Waals surface area (Å²) >= 11 is 0. The molecule has 2 rings (SSSR count). The number of rotatable bonds is 1. The Labute approximate surface area is 97.5 Å². The van der Waals surface area contributed by atoms with Crippen LogP contribution in [0.5, 0.6) is 0 Å². The van der Waals surface area contributed by atoms with Crippen LogP contribution < -0.4 is 4.90 Å². The van der Waals surface area contributed by atoms with Gasteiger partial charge in [0.25, 0.3) is 0 Å². The fraction of sp³-hybridized carbons (Fsp3) is 0.500. The number of nitriles is 1. The molecule has 1 heterocycles. The Morgan fingerprint density at radius 1 is 1.38 bits per heavy atom. The molecule has 16 heavy (non-hydrogen) atoms. The Balaban J connectivity index is 2.33. The minimum atomic E-state index is 0.180. The molecule has 1 aromatic rings. The van der Waals surface area contributed by atoms with Crippen LogP contribution in [0.15, 0.2) is 18.2 Å². The van der Waals surface area contributed by atoms with Gasteiger partial charge in [0.05, 0.1) is 12.0 Å². The highest BCUT2D eigenvalue weighted by Crippen LogP contribution is 2.32. The zero-order valence-electron chi connectivity index (χ0n) is 10.2. The minimum absolute atomic E-state index is 0.180. The third kappa shape index (κ3) is 1.67. The first kappa shape index (κ1) is 11.0. The van der Waals surface area contributed by atoms with E-state index in [1.165, 1.54) is 16.8 Å². The van der Waals surface area contributed by atoms with E-state index in [0.717, 1.165) is 13.0 Å². The molecule has 0 saturated carbocycles. The van der Waals surface area contributed by atoms with Crippen LogP contribution in [0.2, 0.25) is 0 Å². The van der Waals surface area contributed by atoms with Crippen molar-refractivity contribution in [2.75, 3.05) is 11.4 Å². The van der Waals surface area contributed by atoms with Crippen LogP contribution in [0, 0.1) is 31.1 Å². The van der Waals surface area contributed by atoms with Gasteiger partial charge in [-0.05, 0) is 44.4 Å². The normalized spacial score (nSPS) is 24.5. The predicted octanol–water partition coefficient (Wildman–Crippen LogP) is 3.04. The molecule has 0 aliphatic carbocycles. The molecular formula is C14H18N2. The Hall–Kier alpha value is -1.49. The van der Waals surface area contributed by atoms with Crippen LogP contribution in [0.4, 0.5) is 5.69 Å². The molecule has 0 amide bonds. The summed E-state index contributed by atoms with van der Waals surface area (Å²) in [6.45, 7) is 7.46. The number of anilines is 1. The molecule has 2 unspecified atom stereocenters. The average Bonchev–Trinajstić information content (AvgIpc) is 2.64. The first-order valence-corrected chi connectivity index (χ1v) is 5.87. The number of benzene rings is 1. The van der Waals surface area contributed by atoms with Crippen molar-refractivity contribution in [2.45, 2.75) is 33.2 Å². The van der Waals surface area contributed by atoms with Gasteiger partial charge in [-0.2, -0.15) is 5.26 Å². The monoisotopic (exact) mass is 214 g/mol. The summed E-state index contributed by atoms with van der Waals surface area (Å²) < 4.78 is 0. The molecule has 0 spiro atoms. The van der Waals surface area contributed by atoms with Crippen LogP contribution >= 0.6 is 0 Å². The lowest BCUT2D eigenvalue weighted by atomic mass is 10.0. The molecule has 2 heteroatoms. The minimum Gasteiger partial charge on any atom is -0.367 e. The largest absolute Gasteiger partial charge is 0.367 e. The van der Waals surface area contributed by atoms with E-state index in [-0.39, 0.29) is 5.92 Å². The van der Waals surface area contributed by atoms with Gasteiger partial charge < -0.3 is 4.90 Å². The predicted molar refractivity (Wildman–Crippen MR) is 66.4 cm³/mol. The number of hydrogen-bond acceptors (Lipinski definition) is 2.